The van der Waals surface area contributed by atoms with Gasteiger partial charge in [-0.1, -0.05) is 18.2 Å². The van der Waals surface area contributed by atoms with Crippen molar-refractivity contribution in [3.05, 3.63) is 53.6 Å². The molecule has 2 aromatic rings. The summed E-state index contributed by atoms with van der Waals surface area (Å²) in [5.74, 6) is -0.588. The van der Waals surface area contributed by atoms with Crippen LogP contribution in [0.2, 0.25) is 5.15 Å². The van der Waals surface area contributed by atoms with Gasteiger partial charge in [0.1, 0.15) is 23.8 Å². The number of amides is 3. The monoisotopic (exact) mass is 442 g/mol. The number of ether oxygens (including phenoxy) is 1. The van der Waals surface area contributed by atoms with Gasteiger partial charge in [0.2, 0.25) is 5.91 Å². The molecule has 0 spiro atoms. The molecule has 0 aliphatic carbocycles. The highest BCUT2D eigenvalue weighted by atomic mass is 35.5. The van der Waals surface area contributed by atoms with Crippen molar-refractivity contribution in [2.24, 2.45) is 0 Å². The fraction of sp³-hybridized carbons (Fsp3) is 0.300. The predicted molar refractivity (Wildman–Crippen MR) is 110 cm³/mol. The number of pyridine rings is 1. The Hall–Kier alpha value is -3.53. The minimum Gasteiger partial charge on any atom is -0.447 e. The van der Waals surface area contributed by atoms with Crippen molar-refractivity contribution in [2.75, 3.05) is 26.7 Å². The largest absolute Gasteiger partial charge is 0.447 e. The number of piperazine rings is 1. The molecule has 2 fully saturated rings. The lowest BCUT2D eigenvalue weighted by Crippen LogP contribution is -2.55. The first-order valence-electron chi connectivity index (χ1n) is 9.49. The van der Waals surface area contributed by atoms with E-state index in [1.54, 1.807) is 21.9 Å². The van der Waals surface area contributed by atoms with Crippen LogP contribution in [0.25, 0.3) is 11.4 Å². The van der Waals surface area contributed by atoms with Crippen molar-refractivity contribution < 1.29 is 19.1 Å². The summed E-state index contributed by atoms with van der Waals surface area (Å²) in [4.78, 5) is 52.3. The number of nitrogens with one attached hydrogen (secondary N) is 1. The zero-order valence-electron chi connectivity index (χ0n) is 16.6. The van der Waals surface area contributed by atoms with Gasteiger partial charge in [0.25, 0.3) is 5.91 Å². The molecular weight excluding hydrogens is 424 g/mol. The summed E-state index contributed by atoms with van der Waals surface area (Å²) in [6, 6.07) is 4.11. The maximum absolute atomic E-state index is 12.4. The molecule has 1 N–H and O–H groups in total. The van der Waals surface area contributed by atoms with E-state index in [1.807, 2.05) is 0 Å². The number of hydrogen-bond donors (Lipinski definition) is 1. The number of carbonyl (C=O) groups excluding carboxylic acids is 3. The first-order chi connectivity index (χ1) is 14.9. The smallest absolute Gasteiger partial charge is 0.410 e. The second-order valence-electron chi connectivity index (χ2n) is 7.08. The fourth-order valence-corrected chi connectivity index (χ4v) is 4.00. The molecule has 4 rings (SSSR count). The van der Waals surface area contributed by atoms with E-state index in [1.165, 1.54) is 25.5 Å². The van der Waals surface area contributed by atoms with Crippen LogP contribution in [-0.2, 0) is 9.53 Å². The van der Waals surface area contributed by atoms with Crippen molar-refractivity contribution in [3.8, 4) is 11.4 Å². The molecular formula is C20H19ClN6O4. The van der Waals surface area contributed by atoms with Crippen molar-refractivity contribution in [3.63, 3.8) is 0 Å². The molecule has 0 saturated carbocycles. The van der Waals surface area contributed by atoms with Crippen molar-refractivity contribution >= 4 is 29.5 Å². The van der Waals surface area contributed by atoms with Crippen LogP contribution in [0.1, 0.15) is 22.1 Å². The molecule has 10 nitrogen and oxygen atoms in total. The third-order valence-electron chi connectivity index (χ3n) is 5.24. The average molecular weight is 443 g/mol. The Bertz CT molecular complexity index is 1080. The minimum atomic E-state index is -0.489. The van der Waals surface area contributed by atoms with E-state index in [0.29, 0.717) is 23.5 Å². The number of aromatic nitrogens is 3. The van der Waals surface area contributed by atoms with Gasteiger partial charge in [-0.05, 0) is 29.8 Å². The van der Waals surface area contributed by atoms with Gasteiger partial charge in [0.15, 0.2) is 0 Å². The van der Waals surface area contributed by atoms with Crippen LogP contribution in [0.15, 0.2) is 37.2 Å². The summed E-state index contributed by atoms with van der Waals surface area (Å²) in [6.45, 7) is 4.36. The summed E-state index contributed by atoms with van der Waals surface area (Å²) >= 11 is 6.29. The van der Waals surface area contributed by atoms with Gasteiger partial charge in [-0.2, -0.15) is 0 Å². The summed E-state index contributed by atoms with van der Waals surface area (Å²) in [7, 11) is 1.50. The standard InChI is InChI=1S/C20H19ClN6O4/c1-3-18(28)26-7-12-9-31-20(30)27(12)16(8-26)11-4-14(25-17(21)5-11)13-6-15(19(29)22-2)24-10-23-13/h3-6,10,12,16H,1,7-9H2,2H3,(H,22,29)/t12-,16+/m0/s1. The van der Waals surface area contributed by atoms with E-state index in [2.05, 4.69) is 26.8 Å². The summed E-state index contributed by atoms with van der Waals surface area (Å²) in [5, 5.41) is 2.69. The number of hydrogen-bond acceptors (Lipinski definition) is 7. The molecule has 0 aromatic carbocycles. The average Bonchev–Trinajstić information content (AvgIpc) is 3.17. The fourth-order valence-electron chi connectivity index (χ4n) is 3.78. The molecule has 2 aliphatic heterocycles. The Morgan fingerprint density at radius 1 is 1.26 bits per heavy atom. The zero-order valence-corrected chi connectivity index (χ0v) is 17.4. The van der Waals surface area contributed by atoms with Gasteiger partial charge < -0.3 is 15.0 Å². The Morgan fingerprint density at radius 3 is 2.81 bits per heavy atom. The second-order valence-corrected chi connectivity index (χ2v) is 7.46. The summed E-state index contributed by atoms with van der Waals surface area (Å²) in [6.07, 6.45) is 2.07. The van der Waals surface area contributed by atoms with Gasteiger partial charge >= 0.3 is 6.09 Å². The van der Waals surface area contributed by atoms with Gasteiger partial charge in [-0.15, -0.1) is 0 Å². The van der Waals surface area contributed by atoms with Gasteiger partial charge in [0.05, 0.1) is 23.5 Å². The first kappa shape index (κ1) is 20.7. The molecule has 160 valence electrons. The molecule has 0 radical (unpaired) electrons. The second kappa shape index (κ2) is 8.31. The molecule has 4 heterocycles. The topological polar surface area (TPSA) is 118 Å². The lowest BCUT2D eigenvalue weighted by molar-refractivity contribution is -0.129. The van der Waals surface area contributed by atoms with E-state index >= 15 is 0 Å². The number of halogens is 1. The van der Waals surface area contributed by atoms with Gasteiger partial charge in [-0.25, -0.2) is 19.7 Å². The molecule has 0 unspecified atom stereocenters. The Balaban J connectivity index is 1.74. The quantitative estimate of drug-likeness (QED) is 0.562. The third kappa shape index (κ3) is 3.93. The normalized spacial score (nSPS) is 20.1. The van der Waals surface area contributed by atoms with Crippen molar-refractivity contribution in [1.29, 1.82) is 0 Å². The van der Waals surface area contributed by atoms with Gasteiger partial charge in [0, 0.05) is 20.1 Å². The Kier molecular flexibility index (Phi) is 5.55. The molecule has 31 heavy (non-hydrogen) atoms. The number of nitrogens with zero attached hydrogens (tertiary/aromatic N) is 5. The van der Waals surface area contributed by atoms with E-state index < -0.39 is 12.1 Å². The van der Waals surface area contributed by atoms with Crippen LogP contribution in [0.4, 0.5) is 4.79 Å². The maximum atomic E-state index is 12.4. The SMILES string of the molecule is C=CC(=O)N1C[C@H]2COC(=O)N2[C@@H](c2cc(Cl)nc(-c3cc(C(=O)NC)ncn3)c2)C1. The predicted octanol–water partition coefficient (Wildman–Crippen LogP) is 1.44. The molecule has 0 bridgehead atoms. The summed E-state index contributed by atoms with van der Waals surface area (Å²) < 4.78 is 5.22. The first-order valence-corrected chi connectivity index (χ1v) is 9.87. The Morgan fingerprint density at radius 2 is 2.06 bits per heavy atom. The molecule has 2 aromatic heterocycles. The Labute approximate surface area is 182 Å². The van der Waals surface area contributed by atoms with E-state index in [9.17, 15) is 14.4 Å². The highest BCUT2D eigenvalue weighted by molar-refractivity contribution is 6.29. The van der Waals surface area contributed by atoms with E-state index in [0.717, 1.165) is 0 Å². The number of rotatable bonds is 4. The van der Waals surface area contributed by atoms with Crippen LogP contribution >= 0.6 is 11.6 Å². The van der Waals surface area contributed by atoms with Crippen molar-refractivity contribution in [1.82, 2.24) is 30.1 Å². The van der Waals surface area contributed by atoms with Crippen LogP contribution in [0, 0.1) is 0 Å². The number of fused-ring (bicyclic) bond motifs is 1. The lowest BCUT2D eigenvalue weighted by Gasteiger charge is -2.41. The maximum Gasteiger partial charge on any atom is 0.410 e. The van der Waals surface area contributed by atoms with Crippen molar-refractivity contribution in [2.45, 2.75) is 12.1 Å². The lowest BCUT2D eigenvalue weighted by atomic mass is 9.99. The number of carbonyl (C=O) groups is 3. The molecule has 3 amide bonds. The van der Waals surface area contributed by atoms with Crippen LogP contribution in [-0.4, -0.2) is 75.4 Å². The van der Waals surface area contributed by atoms with E-state index in [4.69, 9.17) is 16.3 Å². The zero-order chi connectivity index (χ0) is 22.1. The van der Waals surface area contributed by atoms with Crippen LogP contribution in [0.5, 0.6) is 0 Å². The van der Waals surface area contributed by atoms with Crippen LogP contribution < -0.4 is 5.32 Å². The van der Waals surface area contributed by atoms with Gasteiger partial charge in [-0.3, -0.25) is 14.5 Å². The molecule has 2 aliphatic rings. The molecule has 11 heteroatoms. The molecule has 2 atom stereocenters. The third-order valence-corrected chi connectivity index (χ3v) is 5.43. The highest BCUT2D eigenvalue weighted by Gasteiger charge is 2.45. The minimum absolute atomic E-state index is 0.180. The molecule has 2 saturated heterocycles. The highest BCUT2D eigenvalue weighted by Crippen LogP contribution is 2.35. The summed E-state index contributed by atoms with van der Waals surface area (Å²) in [5.41, 5.74) is 1.65. The number of cyclic esters (lactones) is 1. The van der Waals surface area contributed by atoms with Crippen LogP contribution in [0.3, 0.4) is 0 Å². The van der Waals surface area contributed by atoms with E-state index in [-0.39, 0.29) is 41.9 Å².